The molecule has 21 heavy (non-hydrogen) atoms. The molecule has 0 aromatic heterocycles. The lowest BCUT2D eigenvalue weighted by atomic mass is 10.0. The van der Waals surface area contributed by atoms with Crippen molar-refractivity contribution >= 4 is 39.4 Å². The summed E-state index contributed by atoms with van der Waals surface area (Å²) in [6.45, 7) is 2.07. The Kier molecular flexibility index (Phi) is 5.11. The van der Waals surface area contributed by atoms with E-state index in [-0.39, 0.29) is 18.6 Å². The molecule has 1 aromatic rings. The van der Waals surface area contributed by atoms with Gasteiger partial charge in [0.05, 0.1) is 10.4 Å². The van der Waals surface area contributed by atoms with E-state index in [1.54, 1.807) is 30.0 Å². The number of ether oxygens (including phenoxy) is 1. The molecule has 1 N–H and O–H groups in total. The number of hydrogen-bond donors (Lipinski definition) is 1. The van der Waals surface area contributed by atoms with Crippen molar-refractivity contribution in [3.8, 4) is 5.75 Å². The molecule has 1 heterocycles. The Labute approximate surface area is 136 Å². The number of carboxylic acids is 1. The van der Waals surface area contributed by atoms with Crippen LogP contribution in [0.2, 0.25) is 5.02 Å². The number of benzene rings is 1. The molecule has 2 unspecified atom stereocenters. The first-order chi connectivity index (χ1) is 9.90. The van der Waals surface area contributed by atoms with E-state index in [1.165, 1.54) is 0 Å². The smallest absolute Gasteiger partial charge is 0.308 e. The van der Waals surface area contributed by atoms with Gasteiger partial charge in [0, 0.05) is 17.6 Å². The van der Waals surface area contributed by atoms with E-state index in [0.29, 0.717) is 28.2 Å². The lowest BCUT2D eigenvalue weighted by Gasteiger charge is -2.23. The molecule has 0 saturated carbocycles. The highest BCUT2D eigenvalue weighted by atomic mass is 79.9. The number of rotatable bonds is 4. The predicted octanol–water partition coefficient (Wildman–Crippen LogP) is 2.80. The van der Waals surface area contributed by atoms with Crippen LogP contribution in [0.25, 0.3) is 0 Å². The summed E-state index contributed by atoms with van der Waals surface area (Å²) in [6.07, 6.45) is 0.479. The van der Waals surface area contributed by atoms with E-state index in [4.69, 9.17) is 21.4 Å². The molecule has 2 atom stereocenters. The number of nitrogens with zero attached hydrogens (tertiary/aromatic N) is 1. The van der Waals surface area contributed by atoms with E-state index < -0.39 is 11.9 Å². The van der Waals surface area contributed by atoms with Crippen LogP contribution in [0.3, 0.4) is 0 Å². The zero-order valence-corrected chi connectivity index (χ0v) is 13.7. The van der Waals surface area contributed by atoms with Crippen LogP contribution in [0, 0.1) is 5.92 Å². The fourth-order valence-corrected chi connectivity index (χ4v) is 3.23. The summed E-state index contributed by atoms with van der Waals surface area (Å²) in [5, 5.41) is 9.63. The number of hydrogen-bond acceptors (Lipinski definition) is 3. The summed E-state index contributed by atoms with van der Waals surface area (Å²) >= 11 is 9.14. The van der Waals surface area contributed by atoms with Gasteiger partial charge < -0.3 is 14.7 Å². The average Bonchev–Trinajstić information content (AvgIpc) is 2.79. The van der Waals surface area contributed by atoms with Crippen molar-refractivity contribution in [2.45, 2.75) is 19.4 Å². The number of likely N-dealkylation sites (tertiary alicyclic amines) is 1. The second-order valence-electron chi connectivity index (χ2n) is 4.92. The summed E-state index contributed by atoms with van der Waals surface area (Å²) in [5.41, 5.74) is 0. The zero-order valence-electron chi connectivity index (χ0n) is 11.4. The largest absolute Gasteiger partial charge is 0.483 e. The molecule has 1 aromatic carbocycles. The average molecular weight is 377 g/mol. The topological polar surface area (TPSA) is 66.8 Å². The van der Waals surface area contributed by atoms with Crippen molar-refractivity contribution < 1.29 is 19.4 Å². The van der Waals surface area contributed by atoms with Crippen molar-refractivity contribution in [3.63, 3.8) is 0 Å². The van der Waals surface area contributed by atoms with E-state index in [2.05, 4.69) is 15.9 Å². The van der Waals surface area contributed by atoms with Crippen LogP contribution in [-0.2, 0) is 9.59 Å². The Bertz CT molecular complexity index is 566. The van der Waals surface area contributed by atoms with Crippen molar-refractivity contribution in [1.82, 2.24) is 4.90 Å². The predicted molar refractivity (Wildman–Crippen MR) is 81.6 cm³/mol. The monoisotopic (exact) mass is 375 g/mol. The third-order valence-electron chi connectivity index (χ3n) is 3.64. The number of carbonyl (C=O) groups is 2. The molecule has 0 spiro atoms. The summed E-state index contributed by atoms with van der Waals surface area (Å²) in [7, 11) is 0. The number of aliphatic carboxylic acids is 1. The molecule has 0 bridgehead atoms. The fourth-order valence-electron chi connectivity index (χ4n) is 2.44. The van der Waals surface area contributed by atoms with Gasteiger partial charge in [0.1, 0.15) is 5.75 Å². The summed E-state index contributed by atoms with van der Waals surface area (Å²) in [6, 6.07) is 4.71. The van der Waals surface area contributed by atoms with Gasteiger partial charge in [-0.05, 0) is 47.5 Å². The van der Waals surface area contributed by atoms with Crippen LogP contribution in [0.4, 0.5) is 0 Å². The van der Waals surface area contributed by atoms with Gasteiger partial charge in [-0.3, -0.25) is 9.59 Å². The minimum Gasteiger partial charge on any atom is -0.483 e. The van der Waals surface area contributed by atoms with Crippen molar-refractivity contribution in [2.24, 2.45) is 5.92 Å². The van der Waals surface area contributed by atoms with E-state index >= 15 is 0 Å². The third-order valence-corrected chi connectivity index (χ3v) is 4.49. The number of carbonyl (C=O) groups excluding carboxylic acids is 1. The van der Waals surface area contributed by atoms with Crippen LogP contribution in [0.15, 0.2) is 22.7 Å². The standard InChI is InChI=1S/C14H15BrClNO4/c1-8-10(14(19)20)4-5-17(8)13(18)7-21-12-3-2-9(16)6-11(12)15/h2-3,6,8,10H,4-5,7H2,1H3,(H,19,20). The van der Waals surface area contributed by atoms with Gasteiger partial charge >= 0.3 is 5.97 Å². The molecule has 1 aliphatic rings. The van der Waals surface area contributed by atoms with Gasteiger partial charge in [0.2, 0.25) is 0 Å². The second-order valence-corrected chi connectivity index (χ2v) is 6.22. The van der Waals surface area contributed by atoms with Crippen LogP contribution in [-0.4, -0.2) is 41.1 Å². The molecular weight excluding hydrogens is 362 g/mol. The van der Waals surface area contributed by atoms with Gasteiger partial charge in [-0.1, -0.05) is 11.6 Å². The van der Waals surface area contributed by atoms with Gasteiger partial charge in [-0.25, -0.2) is 0 Å². The fraction of sp³-hybridized carbons (Fsp3) is 0.429. The van der Waals surface area contributed by atoms with Gasteiger partial charge in [-0.15, -0.1) is 0 Å². The SMILES string of the molecule is CC1C(C(=O)O)CCN1C(=O)COc1ccc(Cl)cc1Br. The van der Waals surface area contributed by atoms with Crippen molar-refractivity contribution in [2.75, 3.05) is 13.2 Å². The second kappa shape index (κ2) is 6.66. The lowest BCUT2D eigenvalue weighted by molar-refractivity contribution is -0.143. The Balaban J connectivity index is 1.95. The molecule has 5 nitrogen and oxygen atoms in total. The maximum absolute atomic E-state index is 12.1. The van der Waals surface area contributed by atoms with Crippen molar-refractivity contribution in [3.05, 3.63) is 27.7 Å². The van der Waals surface area contributed by atoms with Crippen LogP contribution < -0.4 is 4.74 Å². The molecule has 1 fully saturated rings. The Morgan fingerprint density at radius 2 is 2.24 bits per heavy atom. The normalized spacial score (nSPS) is 21.4. The third kappa shape index (κ3) is 3.68. The summed E-state index contributed by atoms with van der Waals surface area (Å²) in [4.78, 5) is 24.7. The molecule has 1 saturated heterocycles. The maximum Gasteiger partial charge on any atom is 0.308 e. The Morgan fingerprint density at radius 3 is 2.81 bits per heavy atom. The van der Waals surface area contributed by atoms with Crippen LogP contribution in [0.1, 0.15) is 13.3 Å². The number of halogens is 2. The minimum absolute atomic E-state index is 0.128. The molecule has 7 heteroatoms. The highest BCUT2D eigenvalue weighted by Gasteiger charge is 2.38. The highest BCUT2D eigenvalue weighted by molar-refractivity contribution is 9.10. The Hall–Kier alpha value is -1.27. The molecule has 114 valence electrons. The lowest BCUT2D eigenvalue weighted by Crippen LogP contribution is -2.40. The highest BCUT2D eigenvalue weighted by Crippen LogP contribution is 2.29. The Morgan fingerprint density at radius 1 is 1.52 bits per heavy atom. The molecule has 0 radical (unpaired) electrons. The van der Waals surface area contributed by atoms with E-state index in [1.807, 2.05) is 0 Å². The van der Waals surface area contributed by atoms with E-state index in [9.17, 15) is 9.59 Å². The first-order valence-electron chi connectivity index (χ1n) is 6.50. The zero-order chi connectivity index (χ0) is 15.6. The summed E-state index contributed by atoms with van der Waals surface area (Å²) in [5.74, 6) is -1.06. The first-order valence-corrected chi connectivity index (χ1v) is 7.67. The molecule has 1 aliphatic heterocycles. The van der Waals surface area contributed by atoms with Crippen LogP contribution in [0.5, 0.6) is 5.75 Å². The van der Waals surface area contributed by atoms with Gasteiger partial charge in [-0.2, -0.15) is 0 Å². The number of carboxylic acid groups (broad SMARTS) is 1. The van der Waals surface area contributed by atoms with Crippen LogP contribution >= 0.6 is 27.5 Å². The number of amides is 1. The molecular formula is C14H15BrClNO4. The van der Waals surface area contributed by atoms with Crippen molar-refractivity contribution in [1.29, 1.82) is 0 Å². The molecule has 2 rings (SSSR count). The van der Waals surface area contributed by atoms with E-state index in [0.717, 1.165) is 0 Å². The maximum atomic E-state index is 12.1. The minimum atomic E-state index is -0.862. The van der Waals surface area contributed by atoms with Gasteiger partial charge in [0.15, 0.2) is 6.61 Å². The summed E-state index contributed by atoms with van der Waals surface area (Å²) < 4.78 is 6.13. The quantitative estimate of drug-likeness (QED) is 0.877. The molecule has 0 aliphatic carbocycles. The van der Waals surface area contributed by atoms with Gasteiger partial charge in [0.25, 0.3) is 5.91 Å². The molecule has 1 amide bonds. The first kappa shape index (κ1) is 16.1.